The predicted octanol–water partition coefficient (Wildman–Crippen LogP) is 1.70. The molecule has 0 bridgehead atoms. The number of hydrogen-bond acceptors (Lipinski definition) is 4. The van der Waals surface area contributed by atoms with E-state index < -0.39 is 5.91 Å². The number of benzene rings is 1. The number of urea groups is 1. The third kappa shape index (κ3) is 4.33. The van der Waals surface area contributed by atoms with Gasteiger partial charge in [0.05, 0.1) is 0 Å². The molecule has 3 amide bonds. The SMILES string of the molecule is Cn1nccc1C1CCN(C(=O)Nc2ccc(OCC(N)=O)cc2)CC1. The first-order valence-electron chi connectivity index (χ1n) is 8.58. The molecular weight excluding hydrogens is 334 g/mol. The third-order valence-corrected chi connectivity index (χ3v) is 4.55. The summed E-state index contributed by atoms with van der Waals surface area (Å²) in [5.74, 6) is 0.434. The number of aromatic nitrogens is 2. The lowest BCUT2D eigenvalue weighted by molar-refractivity contribution is -0.119. The van der Waals surface area contributed by atoms with Crippen LogP contribution < -0.4 is 15.8 Å². The van der Waals surface area contributed by atoms with Gasteiger partial charge in [-0.2, -0.15) is 5.10 Å². The average Bonchev–Trinajstić information content (AvgIpc) is 3.07. The lowest BCUT2D eigenvalue weighted by atomic mass is 9.93. The highest BCUT2D eigenvalue weighted by Crippen LogP contribution is 2.27. The van der Waals surface area contributed by atoms with Gasteiger partial charge in [-0.15, -0.1) is 0 Å². The minimum atomic E-state index is -0.531. The van der Waals surface area contributed by atoms with E-state index in [4.69, 9.17) is 10.5 Å². The quantitative estimate of drug-likeness (QED) is 0.850. The highest BCUT2D eigenvalue weighted by molar-refractivity contribution is 5.89. The van der Waals surface area contributed by atoms with Gasteiger partial charge >= 0.3 is 6.03 Å². The maximum atomic E-state index is 12.4. The minimum absolute atomic E-state index is 0.112. The number of nitrogens with zero attached hydrogens (tertiary/aromatic N) is 3. The molecule has 0 aliphatic carbocycles. The number of piperidine rings is 1. The molecule has 1 aliphatic heterocycles. The minimum Gasteiger partial charge on any atom is -0.484 e. The zero-order valence-electron chi connectivity index (χ0n) is 14.7. The molecule has 1 aliphatic rings. The van der Waals surface area contributed by atoms with E-state index >= 15 is 0 Å². The molecule has 138 valence electrons. The number of nitrogens with one attached hydrogen (secondary N) is 1. The van der Waals surface area contributed by atoms with E-state index in [0.29, 0.717) is 30.4 Å². The Morgan fingerprint density at radius 1 is 1.23 bits per heavy atom. The topological polar surface area (TPSA) is 102 Å². The maximum Gasteiger partial charge on any atom is 0.321 e. The number of aryl methyl sites for hydroxylation is 1. The molecule has 0 atom stereocenters. The van der Waals surface area contributed by atoms with Gasteiger partial charge < -0.3 is 20.7 Å². The normalized spacial score (nSPS) is 14.9. The van der Waals surface area contributed by atoms with Crippen molar-refractivity contribution in [3.8, 4) is 5.75 Å². The first kappa shape index (κ1) is 17.8. The van der Waals surface area contributed by atoms with Gasteiger partial charge in [-0.25, -0.2) is 4.79 Å². The number of likely N-dealkylation sites (tertiary alicyclic amines) is 1. The van der Waals surface area contributed by atoms with Crippen LogP contribution in [0.3, 0.4) is 0 Å². The van der Waals surface area contributed by atoms with E-state index in [1.807, 2.05) is 28.9 Å². The van der Waals surface area contributed by atoms with Crippen molar-refractivity contribution in [1.29, 1.82) is 0 Å². The van der Waals surface area contributed by atoms with Crippen molar-refractivity contribution >= 4 is 17.6 Å². The van der Waals surface area contributed by atoms with E-state index in [2.05, 4.69) is 10.4 Å². The summed E-state index contributed by atoms with van der Waals surface area (Å²) in [4.78, 5) is 25.0. The van der Waals surface area contributed by atoms with Crippen LogP contribution in [0.15, 0.2) is 36.5 Å². The Bertz CT molecular complexity index is 763. The first-order chi connectivity index (χ1) is 12.5. The highest BCUT2D eigenvalue weighted by Gasteiger charge is 2.25. The number of anilines is 1. The first-order valence-corrected chi connectivity index (χ1v) is 8.58. The van der Waals surface area contributed by atoms with Gasteiger partial charge in [-0.1, -0.05) is 0 Å². The number of ether oxygens (including phenoxy) is 1. The summed E-state index contributed by atoms with van der Waals surface area (Å²) < 4.78 is 7.10. The number of nitrogens with two attached hydrogens (primary N) is 1. The summed E-state index contributed by atoms with van der Waals surface area (Å²) >= 11 is 0. The summed E-state index contributed by atoms with van der Waals surface area (Å²) in [6.45, 7) is 1.25. The molecule has 1 fully saturated rings. The summed E-state index contributed by atoms with van der Waals surface area (Å²) in [5.41, 5.74) is 6.93. The fourth-order valence-corrected chi connectivity index (χ4v) is 3.15. The van der Waals surface area contributed by atoms with Crippen molar-refractivity contribution in [2.75, 3.05) is 25.0 Å². The Labute approximate surface area is 151 Å². The molecule has 0 spiro atoms. The molecule has 1 saturated heterocycles. The van der Waals surface area contributed by atoms with Crippen molar-refractivity contribution in [1.82, 2.24) is 14.7 Å². The second-order valence-corrected chi connectivity index (χ2v) is 6.35. The zero-order valence-corrected chi connectivity index (χ0v) is 14.7. The Morgan fingerprint density at radius 2 is 1.92 bits per heavy atom. The number of amides is 3. The van der Waals surface area contributed by atoms with Gasteiger partial charge in [-0.3, -0.25) is 9.48 Å². The van der Waals surface area contributed by atoms with Gasteiger partial charge in [0.2, 0.25) is 0 Å². The van der Waals surface area contributed by atoms with Crippen molar-refractivity contribution in [2.45, 2.75) is 18.8 Å². The Morgan fingerprint density at radius 3 is 2.50 bits per heavy atom. The average molecular weight is 357 g/mol. The van der Waals surface area contributed by atoms with E-state index in [-0.39, 0.29) is 12.6 Å². The molecule has 8 nitrogen and oxygen atoms in total. The van der Waals surface area contributed by atoms with Crippen molar-refractivity contribution in [2.24, 2.45) is 12.8 Å². The van der Waals surface area contributed by atoms with E-state index in [0.717, 1.165) is 12.8 Å². The predicted molar refractivity (Wildman–Crippen MR) is 96.9 cm³/mol. The lowest BCUT2D eigenvalue weighted by Gasteiger charge is -2.32. The fourth-order valence-electron chi connectivity index (χ4n) is 3.15. The molecule has 0 radical (unpaired) electrons. The molecule has 1 aromatic heterocycles. The van der Waals surface area contributed by atoms with E-state index in [1.165, 1.54) is 5.69 Å². The monoisotopic (exact) mass is 357 g/mol. The smallest absolute Gasteiger partial charge is 0.321 e. The van der Waals surface area contributed by atoms with Crippen LogP contribution in [0.5, 0.6) is 5.75 Å². The van der Waals surface area contributed by atoms with E-state index in [9.17, 15) is 9.59 Å². The van der Waals surface area contributed by atoms with Crippen LogP contribution in [-0.4, -0.2) is 46.3 Å². The number of rotatable bonds is 5. The van der Waals surface area contributed by atoms with Crippen LogP contribution in [0.4, 0.5) is 10.5 Å². The summed E-state index contributed by atoms with van der Waals surface area (Å²) in [5, 5.41) is 7.11. The maximum absolute atomic E-state index is 12.4. The van der Waals surface area contributed by atoms with Crippen LogP contribution in [0.1, 0.15) is 24.5 Å². The van der Waals surface area contributed by atoms with Crippen LogP contribution in [0.2, 0.25) is 0 Å². The standard InChI is InChI=1S/C18H23N5O3/c1-22-16(6-9-20-22)13-7-10-23(11-8-13)18(25)21-14-2-4-15(5-3-14)26-12-17(19)24/h2-6,9,13H,7-8,10-12H2,1H3,(H2,19,24)(H,21,25). The molecular formula is C18H23N5O3. The van der Waals surface area contributed by atoms with Crippen molar-refractivity contribution in [3.05, 3.63) is 42.2 Å². The van der Waals surface area contributed by atoms with Crippen LogP contribution >= 0.6 is 0 Å². The molecule has 2 aromatic rings. The van der Waals surface area contributed by atoms with Crippen LogP contribution in [0, 0.1) is 0 Å². The van der Waals surface area contributed by atoms with Gasteiger partial charge in [0.15, 0.2) is 6.61 Å². The number of hydrogen-bond donors (Lipinski definition) is 2. The Kier molecular flexibility index (Phi) is 5.40. The zero-order chi connectivity index (χ0) is 18.5. The third-order valence-electron chi connectivity index (χ3n) is 4.55. The largest absolute Gasteiger partial charge is 0.484 e. The number of carbonyl (C=O) groups excluding carboxylic acids is 2. The van der Waals surface area contributed by atoms with E-state index in [1.54, 1.807) is 24.3 Å². The molecule has 0 saturated carbocycles. The molecule has 8 heteroatoms. The second kappa shape index (κ2) is 7.90. The molecule has 0 unspecified atom stereocenters. The van der Waals surface area contributed by atoms with Crippen molar-refractivity contribution in [3.63, 3.8) is 0 Å². The summed E-state index contributed by atoms with van der Waals surface area (Å²) in [6.07, 6.45) is 3.66. The number of primary amides is 1. The molecule has 3 N–H and O–H groups in total. The van der Waals surface area contributed by atoms with Crippen LogP contribution in [-0.2, 0) is 11.8 Å². The lowest BCUT2D eigenvalue weighted by Crippen LogP contribution is -2.40. The number of carbonyl (C=O) groups is 2. The molecule has 1 aromatic carbocycles. The Balaban J connectivity index is 1.49. The highest BCUT2D eigenvalue weighted by atomic mass is 16.5. The molecule has 26 heavy (non-hydrogen) atoms. The van der Waals surface area contributed by atoms with Crippen LogP contribution in [0.25, 0.3) is 0 Å². The van der Waals surface area contributed by atoms with Gasteiger partial charge in [0.1, 0.15) is 5.75 Å². The van der Waals surface area contributed by atoms with Gasteiger partial charge in [0, 0.05) is 43.6 Å². The van der Waals surface area contributed by atoms with Gasteiger partial charge in [0.25, 0.3) is 5.91 Å². The fraction of sp³-hybridized carbons (Fsp3) is 0.389. The Hall–Kier alpha value is -3.03. The van der Waals surface area contributed by atoms with Crippen molar-refractivity contribution < 1.29 is 14.3 Å². The molecule has 3 rings (SSSR count). The second-order valence-electron chi connectivity index (χ2n) is 6.35. The summed E-state index contributed by atoms with van der Waals surface area (Å²) in [6, 6.07) is 8.77. The van der Waals surface area contributed by atoms with Gasteiger partial charge in [-0.05, 0) is 43.2 Å². The summed E-state index contributed by atoms with van der Waals surface area (Å²) in [7, 11) is 1.95. The molecule has 2 heterocycles.